The monoisotopic (exact) mass is 221 g/mol. The van der Waals surface area contributed by atoms with Crippen molar-refractivity contribution in [1.82, 2.24) is 15.0 Å². The summed E-state index contributed by atoms with van der Waals surface area (Å²) in [4.78, 5) is 10.2. The first kappa shape index (κ1) is 9.29. The topological polar surface area (TPSA) is 97.6 Å². The lowest BCUT2D eigenvalue weighted by Gasteiger charge is -1.95. The zero-order valence-corrected chi connectivity index (χ0v) is 8.01. The summed E-state index contributed by atoms with van der Waals surface area (Å²) < 4.78 is 1.22. The maximum Gasteiger partial charge on any atom is 0.351 e. The van der Waals surface area contributed by atoms with Crippen LogP contribution in [0, 0.1) is 21.4 Å². The third-order valence-corrected chi connectivity index (χ3v) is 2.60. The molecule has 0 saturated heterocycles. The number of nitrogens with zero attached hydrogens (tertiary/aromatic N) is 5. The van der Waals surface area contributed by atoms with Crippen molar-refractivity contribution < 1.29 is 4.92 Å². The summed E-state index contributed by atoms with van der Waals surface area (Å²) >= 11 is 0.897. The molecule has 2 aromatic heterocycles. The van der Waals surface area contributed by atoms with E-state index in [1.165, 1.54) is 22.5 Å². The summed E-state index contributed by atoms with van der Waals surface area (Å²) in [5.41, 5.74) is 0.391. The number of rotatable bonds is 2. The van der Waals surface area contributed by atoms with Gasteiger partial charge in [0.15, 0.2) is 5.69 Å². The van der Waals surface area contributed by atoms with Gasteiger partial charge in [0.1, 0.15) is 6.07 Å². The number of aromatic nitrogens is 3. The third-order valence-electron chi connectivity index (χ3n) is 1.68. The predicted molar refractivity (Wildman–Crippen MR) is 50.6 cm³/mol. The quantitative estimate of drug-likeness (QED) is 0.558. The summed E-state index contributed by atoms with van der Waals surface area (Å²) in [5.74, 6) is 0. The smallest absolute Gasteiger partial charge is 0.257 e. The van der Waals surface area contributed by atoms with Gasteiger partial charge < -0.3 is 0 Å². The fourth-order valence-corrected chi connectivity index (χ4v) is 1.89. The largest absolute Gasteiger partial charge is 0.351 e. The summed E-state index contributed by atoms with van der Waals surface area (Å²) in [5, 5.41) is 28.0. The van der Waals surface area contributed by atoms with Gasteiger partial charge in [0.2, 0.25) is 0 Å². The van der Waals surface area contributed by atoms with Gasteiger partial charge in [-0.25, -0.2) is 4.68 Å². The maximum absolute atomic E-state index is 10.7. The lowest BCUT2D eigenvalue weighted by molar-refractivity contribution is -0.380. The maximum atomic E-state index is 10.7. The summed E-state index contributed by atoms with van der Waals surface area (Å²) in [6.07, 6.45) is 2.85. The van der Waals surface area contributed by atoms with Crippen molar-refractivity contribution in [1.29, 1.82) is 5.26 Å². The predicted octanol–water partition coefficient (Wildman–Crippen LogP) is 1.11. The second-order valence-corrected chi connectivity index (χ2v) is 3.38. The van der Waals surface area contributed by atoms with E-state index in [2.05, 4.69) is 10.3 Å². The van der Waals surface area contributed by atoms with E-state index < -0.39 is 4.92 Å². The fourth-order valence-electron chi connectivity index (χ4n) is 1.10. The highest BCUT2D eigenvalue weighted by molar-refractivity contribution is 7.14. The van der Waals surface area contributed by atoms with Crippen molar-refractivity contribution in [2.75, 3.05) is 0 Å². The molecular weight excluding hydrogens is 218 g/mol. The molecule has 0 fully saturated rings. The Morgan fingerprint density at radius 3 is 3.00 bits per heavy atom. The SMILES string of the molecule is N#Cc1csc([N+](=O)[O-])c1-n1ccnn1. The van der Waals surface area contributed by atoms with E-state index in [1.54, 1.807) is 0 Å². The molecule has 74 valence electrons. The first-order chi connectivity index (χ1) is 7.24. The molecule has 0 unspecified atom stereocenters. The lowest BCUT2D eigenvalue weighted by atomic mass is 10.3. The Morgan fingerprint density at radius 2 is 2.47 bits per heavy atom. The van der Waals surface area contributed by atoms with Crippen molar-refractivity contribution in [3.63, 3.8) is 0 Å². The van der Waals surface area contributed by atoms with E-state index in [0.29, 0.717) is 0 Å². The third kappa shape index (κ3) is 1.44. The molecule has 15 heavy (non-hydrogen) atoms. The van der Waals surface area contributed by atoms with Gasteiger partial charge in [0, 0.05) is 5.38 Å². The number of nitriles is 1. The standard InChI is InChI=1S/C7H3N5O2S/c8-3-5-4-15-7(12(13)14)6(5)11-2-1-9-10-11/h1-2,4H. The van der Waals surface area contributed by atoms with E-state index in [-0.39, 0.29) is 16.3 Å². The van der Waals surface area contributed by atoms with Gasteiger partial charge in [0.05, 0.1) is 22.9 Å². The molecule has 0 spiro atoms. The Balaban J connectivity index is 2.67. The Hall–Kier alpha value is -2.27. The molecule has 0 N–H and O–H groups in total. The molecule has 0 atom stereocenters. The van der Waals surface area contributed by atoms with E-state index in [0.717, 1.165) is 11.3 Å². The number of hydrogen-bond donors (Lipinski definition) is 0. The van der Waals surface area contributed by atoms with E-state index in [9.17, 15) is 10.1 Å². The van der Waals surface area contributed by atoms with Crippen LogP contribution in [-0.4, -0.2) is 19.9 Å². The van der Waals surface area contributed by atoms with E-state index >= 15 is 0 Å². The second kappa shape index (κ2) is 3.47. The fraction of sp³-hybridized carbons (Fsp3) is 0. The molecule has 2 heterocycles. The van der Waals surface area contributed by atoms with Crippen LogP contribution in [0.25, 0.3) is 5.69 Å². The van der Waals surface area contributed by atoms with Crippen molar-refractivity contribution in [3.8, 4) is 11.8 Å². The zero-order chi connectivity index (χ0) is 10.8. The Morgan fingerprint density at radius 1 is 1.67 bits per heavy atom. The van der Waals surface area contributed by atoms with Crippen LogP contribution >= 0.6 is 11.3 Å². The number of thiophene rings is 1. The molecule has 2 aromatic rings. The molecule has 0 amide bonds. The number of nitro groups is 1. The highest BCUT2D eigenvalue weighted by Gasteiger charge is 2.23. The summed E-state index contributed by atoms with van der Waals surface area (Å²) in [7, 11) is 0. The van der Waals surface area contributed by atoms with Crippen molar-refractivity contribution >= 4 is 16.3 Å². The first-order valence-electron chi connectivity index (χ1n) is 3.76. The minimum atomic E-state index is -0.539. The summed E-state index contributed by atoms with van der Waals surface area (Å²) in [6, 6.07) is 1.88. The van der Waals surface area contributed by atoms with Crippen LogP contribution < -0.4 is 0 Å². The Kier molecular flexibility index (Phi) is 2.15. The van der Waals surface area contributed by atoms with E-state index in [4.69, 9.17) is 5.26 Å². The Labute approximate surface area is 87.3 Å². The molecule has 8 heteroatoms. The van der Waals surface area contributed by atoms with Gasteiger partial charge >= 0.3 is 5.00 Å². The average molecular weight is 221 g/mol. The van der Waals surface area contributed by atoms with Crippen LogP contribution in [0.5, 0.6) is 0 Å². The summed E-state index contributed by atoms with van der Waals surface area (Å²) in [6.45, 7) is 0. The molecule has 0 aliphatic carbocycles. The first-order valence-corrected chi connectivity index (χ1v) is 4.64. The molecule has 0 radical (unpaired) electrons. The minimum Gasteiger partial charge on any atom is -0.257 e. The molecular formula is C7H3N5O2S. The zero-order valence-electron chi connectivity index (χ0n) is 7.19. The van der Waals surface area contributed by atoms with Gasteiger partial charge in [-0.15, -0.1) is 5.10 Å². The van der Waals surface area contributed by atoms with Crippen LogP contribution in [0.2, 0.25) is 0 Å². The van der Waals surface area contributed by atoms with Gasteiger partial charge in [-0.3, -0.25) is 10.1 Å². The molecule has 0 aliphatic heterocycles. The van der Waals surface area contributed by atoms with Gasteiger partial charge in [0.25, 0.3) is 0 Å². The molecule has 7 nitrogen and oxygen atoms in total. The Bertz CT molecular complexity index is 538. The second-order valence-electron chi connectivity index (χ2n) is 2.52. The van der Waals surface area contributed by atoms with E-state index in [1.807, 2.05) is 6.07 Å². The van der Waals surface area contributed by atoms with Crippen molar-refractivity contribution in [2.24, 2.45) is 0 Å². The van der Waals surface area contributed by atoms with Crippen LogP contribution in [0.3, 0.4) is 0 Å². The minimum absolute atomic E-state index is 0.114. The van der Waals surface area contributed by atoms with Crippen LogP contribution in [0.4, 0.5) is 5.00 Å². The molecule has 0 bridgehead atoms. The lowest BCUT2D eigenvalue weighted by Crippen LogP contribution is -1.99. The van der Waals surface area contributed by atoms with Gasteiger partial charge in [-0.05, 0) is 0 Å². The van der Waals surface area contributed by atoms with Crippen molar-refractivity contribution in [2.45, 2.75) is 0 Å². The van der Waals surface area contributed by atoms with Crippen LogP contribution in [0.15, 0.2) is 17.8 Å². The van der Waals surface area contributed by atoms with Crippen molar-refractivity contribution in [3.05, 3.63) is 33.5 Å². The van der Waals surface area contributed by atoms with Crippen LogP contribution in [0.1, 0.15) is 5.56 Å². The van der Waals surface area contributed by atoms with Crippen LogP contribution in [-0.2, 0) is 0 Å². The molecule has 2 rings (SSSR count). The molecule has 0 aliphatic rings. The highest BCUT2D eigenvalue weighted by atomic mass is 32.1. The molecule has 0 saturated carbocycles. The molecule has 0 aromatic carbocycles. The normalized spacial score (nSPS) is 9.80. The van der Waals surface area contributed by atoms with Gasteiger partial charge in [-0.1, -0.05) is 16.6 Å². The van der Waals surface area contributed by atoms with Gasteiger partial charge in [-0.2, -0.15) is 5.26 Å². The highest BCUT2D eigenvalue weighted by Crippen LogP contribution is 2.32. The average Bonchev–Trinajstić information content (AvgIpc) is 2.85. The number of hydrogen-bond acceptors (Lipinski definition) is 6.